The van der Waals surface area contributed by atoms with Crippen LogP contribution in [0.4, 0.5) is 5.69 Å². The summed E-state index contributed by atoms with van der Waals surface area (Å²) >= 11 is 0. The van der Waals surface area contributed by atoms with E-state index >= 15 is 0 Å². The minimum atomic E-state index is 0.881. The molecular weight excluding hydrogens is 174 g/mol. The van der Waals surface area contributed by atoms with Gasteiger partial charge in [-0.05, 0) is 11.5 Å². The summed E-state index contributed by atoms with van der Waals surface area (Å²) in [5, 5.41) is 5.57. The molecule has 72 valence electrons. The zero-order chi connectivity index (χ0) is 9.97. The maximum Gasteiger partial charge on any atom is 0.142 e. The first-order valence-electron chi connectivity index (χ1n) is 4.60. The van der Waals surface area contributed by atoms with Gasteiger partial charge in [-0.25, -0.2) is 0 Å². The molecule has 0 unspecified atom stereocenters. The van der Waals surface area contributed by atoms with Crippen LogP contribution in [0.1, 0.15) is 0 Å². The predicted octanol–water partition coefficient (Wildman–Crippen LogP) is 2.89. The number of fused-ring (bicyclic) bond motifs is 1. The Morgan fingerprint density at radius 1 is 1.07 bits per heavy atom. The molecule has 0 aliphatic carbocycles. The van der Waals surface area contributed by atoms with Crippen LogP contribution >= 0.6 is 0 Å². The Balaban J connectivity index is 2.77. The molecule has 0 radical (unpaired) electrons. The fraction of sp³-hybridized carbons (Fsp3) is 0.167. The number of rotatable bonds is 2. The van der Waals surface area contributed by atoms with E-state index in [4.69, 9.17) is 4.74 Å². The highest BCUT2D eigenvalue weighted by molar-refractivity contribution is 5.96. The number of hydrogen-bond donors (Lipinski definition) is 1. The molecule has 14 heavy (non-hydrogen) atoms. The number of methoxy groups -OCH3 is 1. The third-order valence-electron chi connectivity index (χ3n) is 2.36. The maximum absolute atomic E-state index is 5.28. The van der Waals surface area contributed by atoms with E-state index in [-0.39, 0.29) is 0 Å². The van der Waals surface area contributed by atoms with Gasteiger partial charge in [-0.1, -0.05) is 30.3 Å². The van der Waals surface area contributed by atoms with E-state index in [1.807, 2.05) is 25.2 Å². The van der Waals surface area contributed by atoms with Gasteiger partial charge in [-0.15, -0.1) is 0 Å². The van der Waals surface area contributed by atoms with Gasteiger partial charge < -0.3 is 10.1 Å². The summed E-state index contributed by atoms with van der Waals surface area (Å²) in [5.41, 5.74) is 1.05. The minimum Gasteiger partial charge on any atom is -0.495 e. The largest absolute Gasteiger partial charge is 0.495 e. The molecule has 0 bridgehead atoms. The molecule has 0 aliphatic rings. The molecule has 2 aromatic rings. The molecular formula is C12H13NO. The van der Waals surface area contributed by atoms with Crippen molar-refractivity contribution in [2.45, 2.75) is 0 Å². The SMILES string of the molecule is CNc1c(OC)ccc2ccccc12. The van der Waals surface area contributed by atoms with Crippen molar-refractivity contribution in [3.8, 4) is 5.75 Å². The topological polar surface area (TPSA) is 21.3 Å². The zero-order valence-electron chi connectivity index (χ0n) is 8.37. The summed E-state index contributed by atoms with van der Waals surface area (Å²) < 4.78 is 5.28. The highest BCUT2D eigenvalue weighted by Crippen LogP contribution is 2.32. The Hall–Kier alpha value is -1.70. The summed E-state index contributed by atoms with van der Waals surface area (Å²) in [6.07, 6.45) is 0. The number of nitrogens with one attached hydrogen (secondary N) is 1. The van der Waals surface area contributed by atoms with Gasteiger partial charge in [0.15, 0.2) is 0 Å². The lowest BCUT2D eigenvalue weighted by Gasteiger charge is -2.10. The van der Waals surface area contributed by atoms with Gasteiger partial charge in [0, 0.05) is 12.4 Å². The third kappa shape index (κ3) is 1.29. The van der Waals surface area contributed by atoms with Crippen LogP contribution in [0.15, 0.2) is 36.4 Å². The smallest absolute Gasteiger partial charge is 0.142 e. The molecule has 0 aromatic heterocycles. The quantitative estimate of drug-likeness (QED) is 0.780. The minimum absolute atomic E-state index is 0.881. The van der Waals surface area contributed by atoms with Gasteiger partial charge in [0.2, 0.25) is 0 Å². The molecule has 0 saturated heterocycles. The van der Waals surface area contributed by atoms with Crippen LogP contribution in [-0.4, -0.2) is 14.2 Å². The Labute approximate surface area is 83.5 Å². The summed E-state index contributed by atoms with van der Waals surface area (Å²) in [6, 6.07) is 12.3. The van der Waals surface area contributed by atoms with E-state index in [9.17, 15) is 0 Å². The van der Waals surface area contributed by atoms with Crippen LogP contribution < -0.4 is 10.1 Å². The summed E-state index contributed by atoms with van der Waals surface area (Å²) in [6.45, 7) is 0. The highest BCUT2D eigenvalue weighted by Gasteiger charge is 2.04. The van der Waals surface area contributed by atoms with E-state index < -0.39 is 0 Å². The standard InChI is InChI=1S/C12H13NO/c1-13-12-10-6-4-3-5-9(10)7-8-11(12)14-2/h3-8,13H,1-2H3. The van der Waals surface area contributed by atoms with Gasteiger partial charge in [0.25, 0.3) is 0 Å². The second-order valence-corrected chi connectivity index (χ2v) is 3.11. The molecule has 0 spiro atoms. The fourth-order valence-corrected chi connectivity index (χ4v) is 1.68. The molecule has 0 heterocycles. The first kappa shape index (κ1) is 8.88. The van der Waals surface area contributed by atoms with Crippen LogP contribution in [0.3, 0.4) is 0 Å². The molecule has 2 heteroatoms. The van der Waals surface area contributed by atoms with E-state index in [2.05, 4.69) is 23.5 Å². The maximum atomic E-state index is 5.28. The van der Waals surface area contributed by atoms with Crippen molar-refractivity contribution < 1.29 is 4.74 Å². The number of anilines is 1. The van der Waals surface area contributed by atoms with Crippen LogP contribution in [-0.2, 0) is 0 Å². The molecule has 0 fully saturated rings. The van der Waals surface area contributed by atoms with Crippen LogP contribution in [0.25, 0.3) is 10.8 Å². The van der Waals surface area contributed by atoms with Crippen molar-refractivity contribution in [3.63, 3.8) is 0 Å². The number of hydrogen-bond acceptors (Lipinski definition) is 2. The Morgan fingerprint density at radius 3 is 2.57 bits per heavy atom. The fourth-order valence-electron chi connectivity index (χ4n) is 1.68. The average molecular weight is 187 g/mol. The molecule has 2 rings (SSSR count). The van der Waals surface area contributed by atoms with Gasteiger partial charge in [-0.3, -0.25) is 0 Å². The first-order valence-corrected chi connectivity index (χ1v) is 4.60. The van der Waals surface area contributed by atoms with E-state index in [1.165, 1.54) is 10.8 Å². The van der Waals surface area contributed by atoms with E-state index in [1.54, 1.807) is 7.11 Å². The van der Waals surface area contributed by atoms with Crippen molar-refractivity contribution in [1.29, 1.82) is 0 Å². The van der Waals surface area contributed by atoms with Crippen LogP contribution in [0.2, 0.25) is 0 Å². The molecule has 1 N–H and O–H groups in total. The second-order valence-electron chi connectivity index (χ2n) is 3.11. The zero-order valence-corrected chi connectivity index (χ0v) is 8.37. The van der Waals surface area contributed by atoms with Gasteiger partial charge in [0.1, 0.15) is 5.75 Å². The lowest BCUT2D eigenvalue weighted by molar-refractivity contribution is 0.417. The number of ether oxygens (including phenoxy) is 1. The molecule has 0 saturated carbocycles. The predicted molar refractivity (Wildman–Crippen MR) is 60.0 cm³/mol. The number of benzene rings is 2. The van der Waals surface area contributed by atoms with Crippen molar-refractivity contribution in [3.05, 3.63) is 36.4 Å². The van der Waals surface area contributed by atoms with E-state index in [0.29, 0.717) is 0 Å². The van der Waals surface area contributed by atoms with E-state index in [0.717, 1.165) is 11.4 Å². The summed E-state index contributed by atoms with van der Waals surface area (Å²) in [7, 11) is 3.59. The van der Waals surface area contributed by atoms with Crippen LogP contribution in [0.5, 0.6) is 5.75 Å². The Kier molecular flexibility index (Phi) is 2.27. The van der Waals surface area contributed by atoms with Crippen molar-refractivity contribution in [2.75, 3.05) is 19.5 Å². The first-order chi connectivity index (χ1) is 6.86. The van der Waals surface area contributed by atoms with Crippen molar-refractivity contribution in [1.82, 2.24) is 0 Å². The second kappa shape index (κ2) is 3.58. The molecule has 0 atom stereocenters. The lowest BCUT2D eigenvalue weighted by Crippen LogP contribution is -1.94. The molecule has 0 aliphatic heterocycles. The van der Waals surface area contributed by atoms with Crippen LogP contribution in [0, 0.1) is 0 Å². The lowest BCUT2D eigenvalue weighted by atomic mass is 10.1. The monoisotopic (exact) mass is 187 g/mol. The normalized spacial score (nSPS) is 10.1. The molecule has 2 aromatic carbocycles. The Morgan fingerprint density at radius 2 is 1.86 bits per heavy atom. The van der Waals surface area contributed by atoms with Crippen molar-refractivity contribution >= 4 is 16.5 Å². The Bertz CT molecular complexity index is 451. The summed E-state index contributed by atoms with van der Waals surface area (Å²) in [4.78, 5) is 0. The highest BCUT2D eigenvalue weighted by atomic mass is 16.5. The van der Waals surface area contributed by atoms with Gasteiger partial charge in [0.05, 0.1) is 12.8 Å². The molecule has 2 nitrogen and oxygen atoms in total. The molecule has 0 amide bonds. The third-order valence-corrected chi connectivity index (χ3v) is 2.36. The summed E-state index contributed by atoms with van der Waals surface area (Å²) in [5.74, 6) is 0.881. The van der Waals surface area contributed by atoms with Crippen molar-refractivity contribution in [2.24, 2.45) is 0 Å². The van der Waals surface area contributed by atoms with Gasteiger partial charge in [-0.2, -0.15) is 0 Å². The average Bonchev–Trinajstić information content (AvgIpc) is 2.27. The van der Waals surface area contributed by atoms with Gasteiger partial charge >= 0.3 is 0 Å².